The summed E-state index contributed by atoms with van der Waals surface area (Å²) in [7, 11) is 0. The van der Waals surface area contributed by atoms with E-state index in [1.54, 1.807) is 0 Å². The van der Waals surface area contributed by atoms with Crippen LogP contribution in [0.4, 0.5) is 0 Å². The van der Waals surface area contributed by atoms with E-state index in [1.165, 1.54) is 33.8 Å². The van der Waals surface area contributed by atoms with E-state index in [0.29, 0.717) is 22.4 Å². The van der Waals surface area contributed by atoms with Gasteiger partial charge in [0.05, 0.1) is 34.2 Å². The second kappa shape index (κ2) is 22.9. The summed E-state index contributed by atoms with van der Waals surface area (Å²) in [5, 5.41) is 8.63. The molecule has 86 heavy (non-hydrogen) atoms. The number of carbonyl (C=O) groups is 2. The predicted octanol–water partition coefficient (Wildman–Crippen LogP) is 17.6. The van der Waals surface area contributed by atoms with Gasteiger partial charge in [0, 0.05) is 68.2 Å². The van der Waals surface area contributed by atoms with Crippen LogP contribution in [0.3, 0.4) is 0 Å². The van der Waals surface area contributed by atoms with Crippen LogP contribution in [0.5, 0.6) is 0 Å². The van der Waals surface area contributed by atoms with Crippen molar-refractivity contribution in [1.29, 1.82) is 0 Å². The van der Waals surface area contributed by atoms with E-state index >= 15 is 0 Å². The number of allylic oxidation sites excluding steroid dienone is 5. The molecule has 12 heteroatoms. The number of fused-ring (bicyclic) bond motifs is 10. The smallest absolute Gasteiger partial charge is 0.248 e. The molecule has 11 aromatic rings. The van der Waals surface area contributed by atoms with Crippen LogP contribution in [0.15, 0.2) is 198 Å². The molecule has 2 N–H and O–H groups in total. The molecule has 0 saturated carbocycles. The molecule has 0 unspecified atom stereocenters. The normalized spacial score (nSPS) is 13.0. The van der Waals surface area contributed by atoms with Gasteiger partial charge in [0.15, 0.2) is 9.60 Å². The summed E-state index contributed by atoms with van der Waals surface area (Å²) in [6.07, 6.45) is 4.78. The van der Waals surface area contributed by atoms with Crippen LogP contribution in [0.2, 0.25) is 0 Å². The number of nitrogens with one attached hydrogen (secondary N) is 2. The number of aromatic amines is 2. The Bertz CT molecular complexity index is 5030. The van der Waals surface area contributed by atoms with E-state index in [2.05, 4.69) is 218 Å². The van der Waals surface area contributed by atoms with Crippen molar-refractivity contribution in [3.8, 4) is 33.9 Å². The molecule has 8 bridgehead atoms. The molecule has 10 nitrogen and oxygen atoms in total. The summed E-state index contributed by atoms with van der Waals surface area (Å²) in [6, 6.07) is 54.5. The number of hydrogen-bond donors (Lipinski definition) is 2. The SMILES string of the molecule is C=CC1=C(C)c2cc3[nH]c(cc4nc(cc5[nH]c(cc1n2)c(C)c5CCC(=O)N=c1scc(-c2ccc(C)cc2)n1-c1ccc2ccccc2c1)C(CCC(=O)N=c1scc(-c2ccc(C)cc2)n1-c1ccc2ccccc2c1)=C4C)c(C)c3C=C. The Hall–Kier alpha value is -9.88. The summed E-state index contributed by atoms with van der Waals surface area (Å²) in [4.78, 5) is 58.1. The lowest BCUT2D eigenvalue weighted by molar-refractivity contribution is -0.118. The van der Waals surface area contributed by atoms with Crippen molar-refractivity contribution >= 4 is 106 Å². The molecule has 0 radical (unpaired) electrons. The predicted molar refractivity (Wildman–Crippen MR) is 357 cm³/mol. The highest BCUT2D eigenvalue weighted by Gasteiger charge is 2.23. The monoisotopic (exact) mass is 1160 g/mol. The van der Waals surface area contributed by atoms with Gasteiger partial charge in [-0.1, -0.05) is 146 Å². The molecule has 2 aliphatic heterocycles. The van der Waals surface area contributed by atoms with Crippen LogP contribution < -0.4 is 9.60 Å². The standard InChI is InChI=1S/C74H62N8O2S2/c1-9-57-45(5)61-37-62-47(7)59(31-33-71(83)79-73-81(55-29-27-49-15-11-13-17-53(49)35-55)69(41-85-73)51-23-19-43(3)20-24-51)67(77-62)40-68-60(48(8)64(78-68)39-66-58(10-2)46(6)63(76-66)38-65(57)75-61)32-34-72(84)80-74-82(56-30-28-50-16-12-14-18-54(50)36-56)70(42-86-74)52-25-21-44(4)22-26-52/h9-30,35-42,75,78H,1-2,31-34H2,3-8H3. The molecule has 0 saturated heterocycles. The summed E-state index contributed by atoms with van der Waals surface area (Å²) in [6.45, 7) is 20.9. The number of nitrogens with zero attached hydrogens (tertiary/aromatic N) is 6. The third kappa shape index (κ3) is 10.5. The number of carbonyl (C=O) groups excluding carboxylic acids is 2. The number of hydrogen-bond acceptors (Lipinski definition) is 6. The van der Waals surface area contributed by atoms with Crippen molar-refractivity contribution in [2.75, 3.05) is 0 Å². The number of amides is 2. The van der Waals surface area contributed by atoms with Crippen molar-refractivity contribution in [2.24, 2.45) is 9.98 Å². The maximum Gasteiger partial charge on any atom is 0.248 e. The molecular formula is C74H62N8O2S2. The van der Waals surface area contributed by atoms with Gasteiger partial charge in [-0.25, -0.2) is 9.97 Å². The first-order chi connectivity index (χ1) is 41.8. The number of H-pyrrole nitrogens is 2. The van der Waals surface area contributed by atoms with E-state index in [1.807, 2.05) is 36.4 Å². The number of thiazole rings is 2. The Morgan fingerprint density at radius 1 is 0.500 bits per heavy atom. The van der Waals surface area contributed by atoms with Gasteiger partial charge >= 0.3 is 0 Å². The first-order valence-corrected chi connectivity index (χ1v) is 30.6. The Morgan fingerprint density at radius 2 is 0.977 bits per heavy atom. The molecule has 0 spiro atoms. The molecular weight excluding hydrogens is 1100 g/mol. The Labute approximate surface area is 506 Å². The maximum absolute atomic E-state index is 14.5. The van der Waals surface area contributed by atoms with E-state index < -0.39 is 0 Å². The fourth-order valence-corrected chi connectivity index (χ4v) is 13.7. The van der Waals surface area contributed by atoms with E-state index in [4.69, 9.17) is 20.0 Å². The zero-order valence-electron chi connectivity index (χ0n) is 48.9. The zero-order chi connectivity index (χ0) is 59.3. The number of aromatic nitrogens is 6. The zero-order valence-corrected chi connectivity index (χ0v) is 50.5. The van der Waals surface area contributed by atoms with Gasteiger partial charge in [-0.05, 0) is 169 Å². The molecule has 422 valence electrons. The molecule has 13 rings (SSSR count). The second-order valence-corrected chi connectivity index (χ2v) is 23.9. The van der Waals surface area contributed by atoms with Crippen LogP contribution >= 0.6 is 22.7 Å². The van der Waals surface area contributed by atoms with Crippen molar-refractivity contribution in [3.05, 3.63) is 253 Å². The fourth-order valence-electron chi connectivity index (χ4n) is 11.9. The highest BCUT2D eigenvalue weighted by atomic mass is 32.1. The minimum absolute atomic E-state index is 0.136. The van der Waals surface area contributed by atoms with E-state index in [9.17, 15) is 9.59 Å². The van der Waals surface area contributed by atoms with Crippen LogP contribution in [0.1, 0.15) is 89.3 Å². The summed E-state index contributed by atoms with van der Waals surface area (Å²) < 4.78 is 4.19. The molecule has 0 atom stereocenters. The highest BCUT2D eigenvalue weighted by molar-refractivity contribution is 7.07. The maximum atomic E-state index is 14.5. The average Bonchev–Trinajstić information content (AvgIpc) is 3.46. The van der Waals surface area contributed by atoms with Gasteiger partial charge in [0.1, 0.15) is 0 Å². The molecule has 2 aliphatic rings. The minimum Gasteiger partial charge on any atom is -0.355 e. The van der Waals surface area contributed by atoms with Gasteiger partial charge in [-0.15, -0.1) is 22.7 Å². The van der Waals surface area contributed by atoms with Crippen LogP contribution in [0.25, 0.3) is 106 Å². The third-order valence-electron chi connectivity index (χ3n) is 16.8. The summed E-state index contributed by atoms with van der Waals surface area (Å²) >= 11 is 2.91. The first-order valence-electron chi connectivity index (χ1n) is 28.9. The summed E-state index contributed by atoms with van der Waals surface area (Å²) in [5.41, 5.74) is 22.4. The van der Waals surface area contributed by atoms with Crippen molar-refractivity contribution in [2.45, 2.75) is 67.2 Å². The van der Waals surface area contributed by atoms with Gasteiger partial charge in [0.25, 0.3) is 0 Å². The molecule has 0 aliphatic carbocycles. The largest absolute Gasteiger partial charge is 0.355 e. The van der Waals surface area contributed by atoms with Crippen LogP contribution in [-0.2, 0) is 16.0 Å². The Balaban J connectivity index is 0.917. The molecule has 7 heterocycles. The van der Waals surface area contributed by atoms with Crippen molar-refractivity contribution in [3.63, 3.8) is 0 Å². The second-order valence-electron chi connectivity index (χ2n) is 22.2. The molecule has 2 amide bonds. The minimum atomic E-state index is -0.243. The number of rotatable bonds is 12. The Kier molecular flexibility index (Phi) is 14.8. The van der Waals surface area contributed by atoms with Gasteiger partial charge in [0.2, 0.25) is 11.8 Å². The number of aryl methyl sites for hydroxylation is 5. The van der Waals surface area contributed by atoms with Gasteiger partial charge in [-0.3, -0.25) is 18.7 Å². The van der Waals surface area contributed by atoms with E-state index in [-0.39, 0.29) is 24.7 Å². The molecule has 0 fully saturated rings. The topological polar surface area (TPSA) is 126 Å². The van der Waals surface area contributed by atoms with Crippen molar-refractivity contribution < 1.29 is 9.59 Å². The van der Waals surface area contributed by atoms with Gasteiger partial charge < -0.3 is 9.97 Å². The quantitative estimate of drug-likeness (QED) is 0.126. The van der Waals surface area contributed by atoms with E-state index in [0.717, 1.165) is 145 Å². The lowest BCUT2D eigenvalue weighted by Gasteiger charge is -2.11. The fraction of sp³-hybridized carbons (Fsp3) is 0.135. The Morgan fingerprint density at radius 3 is 1.53 bits per heavy atom. The molecule has 5 aromatic heterocycles. The summed E-state index contributed by atoms with van der Waals surface area (Å²) in [5.74, 6) is -0.484. The van der Waals surface area contributed by atoms with Gasteiger partial charge in [-0.2, -0.15) is 9.98 Å². The number of benzene rings is 6. The van der Waals surface area contributed by atoms with Crippen molar-refractivity contribution in [1.82, 2.24) is 29.1 Å². The van der Waals surface area contributed by atoms with Crippen LogP contribution in [0, 0.1) is 27.7 Å². The third-order valence-corrected chi connectivity index (χ3v) is 18.4. The lowest BCUT2D eigenvalue weighted by atomic mass is 10.00. The van der Waals surface area contributed by atoms with Crippen LogP contribution in [-0.4, -0.2) is 40.9 Å². The first kappa shape index (κ1) is 55.3. The lowest BCUT2D eigenvalue weighted by Crippen LogP contribution is -2.16. The highest BCUT2D eigenvalue weighted by Crippen LogP contribution is 2.38. The molecule has 6 aromatic carbocycles. The average molecular weight is 1160 g/mol.